The summed E-state index contributed by atoms with van der Waals surface area (Å²) in [5.74, 6) is -0.249. The molecule has 136 valence electrons. The molecule has 0 saturated carbocycles. The van der Waals surface area contributed by atoms with Crippen molar-refractivity contribution in [2.45, 2.75) is 19.0 Å². The number of hydrogen-bond acceptors (Lipinski definition) is 3. The Hall–Kier alpha value is -2.17. The number of halogens is 1. The van der Waals surface area contributed by atoms with Gasteiger partial charge in [0.25, 0.3) is 0 Å². The molecular weight excluding hydrogens is 390 g/mol. The highest BCUT2D eigenvalue weighted by molar-refractivity contribution is 9.11. The minimum absolute atomic E-state index is 0.249. The van der Waals surface area contributed by atoms with Crippen LogP contribution in [0.15, 0.2) is 77.8 Å². The van der Waals surface area contributed by atoms with Gasteiger partial charge in [0.1, 0.15) is 6.04 Å². The summed E-state index contributed by atoms with van der Waals surface area (Å²) in [6.45, 7) is 5.03. The van der Waals surface area contributed by atoms with Gasteiger partial charge in [0.15, 0.2) is 0 Å². The summed E-state index contributed by atoms with van der Waals surface area (Å²) in [6, 6.07) is 19.8. The number of methoxy groups -OCH3 is 1. The van der Waals surface area contributed by atoms with Crippen molar-refractivity contribution in [2.24, 2.45) is 0 Å². The maximum Gasteiger partial charge on any atom is 0.323 e. The summed E-state index contributed by atoms with van der Waals surface area (Å²) in [7, 11) is 1.42. The number of carbonyl (C=O) groups excluding carboxylic acids is 1. The van der Waals surface area contributed by atoms with Crippen molar-refractivity contribution in [3.05, 3.63) is 88.9 Å². The molecule has 2 rings (SSSR count). The molecule has 2 aromatic carbocycles. The fourth-order valence-corrected chi connectivity index (χ4v) is 3.34. The highest BCUT2D eigenvalue weighted by Crippen LogP contribution is 2.19. The normalized spacial score (nSPS) is 12.7. The molecule has 0 aliphatic carbocycles. The average Bonchev–Trinajstić information content (AvgIpc) is 2.66. The van der Waals surface area contributed by atoms with Crippen LogP contribution < -0.4 is 0 Å². The molecule has 0 fully saturated rings. The molecule has 3 nitrogen and oxygen atoms in total. The summed E-state index contributed by atoms with van der Waals surface area (Å²) in [6.07, 6.45) is 4.36. The van der Waals surface area contributed by atoms with Crippen LogP contribution in [0.3, 0.4) is 0 Å². The third kappa shape index (κ3) is 6.28. The molecule has 0 amide bonds. The predicted octanol–water partition coefficient (Wildman–Crippen LogP) is 5.04. The highest BCUT2D eigenvalue weighted by Gasteiger charge is 2.26. The van der Waals surface area contributed by atoms with E-state index in [9.17, 15) is 4.79 Å². The van der Waals surface area contributed by atoms with Crippen molar-refractivity contribution >= 4 is 28.0 Å². The number of hydrogen-bond donors (Lipinski definition) is 0. The standard InChI is InChI=1S/C22H24BrNO2/c1-3-10-21(22(25)26-2)24(16-19-13-8-5-9-14-19)17-20(23)15-18-11-6-4-7-12-18/h3-9,11-15,21H,1,10,16-17H2,2H3/b20-15-/t21-/m1/s1. The molecule has 4 heteroatoms. The minimum atomic E-state index is -0.380. The van der Waals surface area contributed by atoms with E-state index in [1.54, 1.807) is 6.08 Å². The van der Waals surface area contributed by atoms with Crippen LogP contribution in [0.5, 0.6) is 0 Å². The van der Waals surface area contributed by atoms with Crippen molar-refractivity contribution in [3.63, 3.8) is 0 Å². The van der Waals surface area contributed by atoms with Gasteiger partial charge in [0.05, 0.1) is 7.11 Å². The first-order chi connectivity index (χ1) is 12.6. The zero-order valence-electron chi connectivity index (χ0n) is 15.0. The Kier molecular flexibility index (Phi) is 8.32. The molecule has 0 aliphatic heterocycles. The van der Waals surface area contributed by atoms with Crippen LogP contribution in [0.4, 0.5) is 0 Å². The first kappa shape index (κ1) is 20.1. The smallest absolute Gasteiger partial charge is 0.323 e. The molecule has 0 radical (unpaired) electrons. The zero-order valence-corrected chi connectivity index (χ0v) is 16.6. The Morgan fingerprint density at radius 3 is 2.35 bits per heavy atom. The lowest BCUT2D eigenvalue weighted by molar-refractivity contribution is -0.146. The molecule has 0 bridgehead atoms. The number of carbonyl (C=O) groups is 1. The highest BCUT2D eigenvalue weighted by atomic mass is 79.9. The summed E-state index contributed by atoms with van der Waals surface area (Å²) in [5.41, 5.74) is 2.25. The largest absolute Gasteiger partial charge is 0.468 e. The van der Waals surface area contributed by atoms with Crippen LogP contribution in [-0.4, -0.2) is 30.6 Å². The minimum Gasteiger partial charge on any atom is -0.468 e. The maximum absolute atomic E-state index is 12.3. The van der Waals surface area contributed by atoms with Crippen LogP contribution >= 0.6 is 15.9 Å². The molecule has 0 saturated heterocycles. The Morgan fingerprint density at radius 1 is 1.15 bits per heavy atom. The van der Waals surface area contributed by atoms with Gasteiger partial charge >= 0.3 is 5.97 Å². The molecule has 0 aliphatic rings. The van der Waals surface area contributed by atoms with Crippen LogP contribution in [-0.2, 0) is 16.1 Å². The number of ether oxygens (including phenoxy) is 1. The fraction of sp³-hybridized carbons (Fsp3) is 0.227. The van der Waals surface area contributed by atoms with Crippen molar-refractivity contribution in [1.29, 1.82) is 0 Å². The Bertz CT molecular complexity index is 728. The van der Waals surface area contributed by atoms with Gasteiger partial charge in [-0.3, -0.25) is 9.69 Å². The summed E-state index contributed by atoms with van der Waals surface area (Å²) in [4.78, 5) is 14.4. The second kappa shape index (κ2) is 10.7. The topological polar surface area (TPSA) is 29.5 Å². The van der Waals surface area contributed by atoms with E-state index in [0.29, 0.717) is 19.5 Å². The number of benzene rings is 2. The molecule has 1 atom stereocenters. The van der Waals surface area contributed by atoms with Gasteiger partial charge in [-0.1, -0.05) is 82.7 Å². The molecule has 0 unspecified atom stereocenters. The second-order valence-corrected chi connectivity index (χ2v) is 6.97. The van der Waals surface area contributed by atoms with Crippen LogP contribution in [0, 0.1) is 0 Å². The van der Waals surface area contributed by atoms with E-state index in [0.717, 1.165) is 15.6 Å². The summed E-state index contributed by atoms with van der Waals surface area (Å²) in [5, 5.41) is 0. The molecule has 0 aromatic heterocycles. The van der Waals surface area contributed by atoms with Gasteiger partial charge in [-0.25, -0.2) is 0 Å². The number of rotatable bonds is 9. The monoisotopic (exact) mass is 413 g/mol. The fourth-order valence-electron chi connectivity index (χ4n) is 2.75. The molecule has 0 heterocycles. The van der Waals surface area contributed by atoms with E-state index < -0.39 is 0 Å². The van der Waals surface area contributed by atoms with Crippen molar-refractivity contribution in [2.75, 3.05) is 13.7 Å². The summed E-state index contributed by atoms with van der Waals surface area (Å²) < 4.78 is 6.02. The first-order valence-corrected chi connectivity index (χ1v) is 9.31. The van der Waals surface area contributed by atoms with Crippen molar-refractivity contribution in [1.82, 2.24) is 4.90 Å². The Morgan fingerprint density at radius 2 is 1.77 bits per heavy atom. The third-order valence-corrected chi connectivity index (χ3v) is 4.49. The lowest BCUT2D eigenvalue weighted by Crippen LogP contribution is -2.41. The van der Waals surface area contributed by atoms with Gasteiger partial charge < -0.3 is 4.74 Å². The molecule has 0 N–H and O–H groups in total. The Labute approximate surface area is 164 Å². The SMILES string of the molecule is C=CC[C@H](C(=O)OC)N(C/C(Br)=C/c1ccccc1)Cc1ccccc1. The lowest BCUT2D eigenvalue weighted by atomic mass is 10.1. The van der Waals surface area contributed by atoms with Crippen LogP contribution in [0.1, 0.15) is 17.5 Å². The molecular formula is C22H24BrNO2. The molecule has 2 aromatic rings. The van der Waals surface area contributed by atoms with E-state index in [-0.39, 0.29) is 12.0 Å². The van der Waals surface area contributed by atoms with Gasteiger partial charge in [0, 0.05) is 17.6 Å². The van der Waals surface area contributed by atoms with E-state index >= 15 is 0 Å². The molecule has 0 spiro atoms. The van der Waals surface area contributed by atoms with E-state index in [2.05, 4.69) is 45.6 Å². The van der Waals surface area contributed by atoms with Crippen molar-refractivity contribution < 1.29 is 9.53 Å². The quantitative estimate of drug-likeness (QED) is 0.425. The number of esters is 1. The van der Waals surface area contributed by atoms with Crippen LogP contribution in [0.25, 0.3) is 6.08 Å². The van der Waals surface area contributed by atoms with Gasteiger partial charge in [0.2, 0.25) is 0 Å². The van der Waals surface area contributed by atoms with E-state index in [4.69, 9.17) is 4.74 Å². The van der Waals surface area contributed by atoms with Gasteiger partial charge in [-0.15, -0.1) is 6.58 Å². The Balaban J connectivity index is 2.24. The van der Waals surface area contributed by atoms with E-state index in [1.807, 2.05) is 48.5 Å². The average molecular weight is 414 g/mol. The summed E-state index contributed by atoms with van der Waals surface area (Å²) >= 11 is 3.66. The first-order valence-electron chi connectivity index (χ1n) is 8.52. The zero-order chi connectivity index (χ0) is 18.8. The second-order valence-electron chi connectivity index (χ2n) is 5.96. The van der Waals surface area contributed by atoms with Crippen molar-refractivity contribution in [3.8, 4) is 0 Å². The number of nitrogens with zero attached hydrogens (tertiary/aromatic N) is 1. The maximum atomic E-state index is 12.3. The van der Waals surface area contributed by atoms with Gasteiger partial charge in [-0.05, 0) is 23.6 Å². The van der Waals surface area contributed by atoms with Gasteiger partial charge in [-0.2, -0.15) is 0 Å². The van der Waals surface area contributed by atoms with E-state index in [1.165, 1.54) is 7.11 Å². The lowest BCUT2D eigenvalue weighted by Gasteiger charge is -2.29. The third-order valence-electron chi connectivity index (χ3n) is 4.01. The predicted molar refractivity (Wildman–Crippen MR) is 111 cm³/mol. The molecule has 26 heavy (non-hydrogen) atoms. The van der Waals surface area contributed by atoms with Crippen LogP contribution in [0.2, 0.25) is 0 Å².